The number of aromatic amines is 1. The van der Waals surface area contributed by atoms with Gasteiger partial charge in [0, 0.05) is 32.1 Å². The first-order chi connectivity index (χ1) is 7.65. The largest absolute Gasteiger partial charge is 0.337 e. The van der Waals surface area contributed by atoms with Crippen molar-refractivity contribution in [2.24, 2.45) is 5.92 Å². The minimum absolute atomic E-state index is 0.515. The molecule has 5 heteroatoms. The van der Waals surface area contributed by atoms with Gasteiger partial charge in [0.2, 0.25) is 5.95 Å². The summed E-state index contributed by atoms with van der Waals surface area (Å²) in [7, 11) is 0. The molecule has 0 aliphatic carbocycles. The third-order valence-electron chi connectivity index (χ3n) is 2.77. The van der Waals surface area contributed by atoms with E-state index in [1.807, 2.05) is 0 Å². The van der Waals surface area contributed by atoms with Crippen LogP contribution in [-0.4, -0.2) is 40.9 Å². The van der Waals surface area contributed by atoms with Crippen molar-refractivity contribution in [2.45, 2.75) is 33.2 Å². The average molecular weight is 223 g/mol. The van der Waals surface area contributed by atoms with Crippen LogP contribution >= 0.6 is 0 Å². The summed E-state index contributed by atoms with van der Waals surface area (Å²) in [5.74, 6) is 2.46. The minimum atomic E-state index is 0.515. The van der Waals surface area contributed by atoms with Crippen LogP contribution in [0.1, 0.15) is 26.6 Å². The van der Waals surface area contributed by atoms with E-state index in [2.05, 4.69) is 46.2 Å². The maximum atomic E-state index is 4.54. The topological polar surface area (TPSA) is 56.8 Å². The smallest absolute Gasteiger partial charge is 0.244 e. The van der Waals surface area contributed by atoms with Crippen LogP contribution in [0.2, 0.25) is 0 Å². The van der Waals surface area contributed by atoms with Crippen molar-refractivity contribution < 1.29 is 0 Å². The number of hydrogen-bond acceptors (Lipinski definition) is 4. The molecule has 0 aromatic carbocycles. The van der Waals surface area contributed by atoms with Crippen LogP contribution in [-0.2, 0) is 6.42 Å². The van der Waals surface area contributed by atoms with Gasteiger partial charge in [-0.1, -0.05) is 13.8 Å². The molecule has 0 saturated carbocycles. The minimum Gasteiger partial charge on any atom is -0.337 e. The molecule has 0 amide bonds. The molecular weight excluding hydrogens is 202 g/mol. The predicted octanol–water partition coefficient (Wildman–Crippen LogP) is 0.801. The van der Waals surface area contributed by atoms with Gasteiger partial charge in [-0.15, -0.1) is 5.10 Å². The molecule has 0 unspecified atom stereocenters. The maximum Gasteiger partial charge on any atom is 0.244 e. The van der Waals surface area contributed by atoms with E-state index in [9.17, 15) is 0 Å². The standard InChI is InChI=1S/C11H21N5/c1-8(2)6-10-13-11(15-14-10)16-5-4-12-9(3)7-16/h8-9,12H,4-7H2,1-3H3,(H,13,14,15)/t9-/m1/s1. The Morgan fingerprint density at radius 3 is 3.00 bits per heavy atom. The van der Waals surface area contributed by atoms with Crippen LogP contribution in [0, 0.1) is 5.92 Å². The molecule has 1 fully saturated rings. The lowest BCUT2D eigenvalue weighted by Crippen LogP contribution is -2.49. The van der Waals surface area contributed by atoms with E-state index in [0.29, 0.717) is 12.0 Å². The maximum absolute atomic E-state index is 4.54. The Balaban J connectivity index is 2.00. The summed E-state index contributed by atoms with van der Waals surface area (Å²) in [4.78, 5) is 6.78. The number of anilines is 1. The van der Waals surface area contributed by atoms with Crippen molar-refractivity contribution in [3.8, 4) is 0 Å². The van der Waals surface area contributed by atoms with E-state index in [-0.39, 0.29) is 0 Å². The van der Waals surface area contributed by atoms with Crippen molar-refractivity contribution in [1.82, 2.24) is 20.5 Å². The molecule has 16 heavy (non-hydrogen) atoms. The highest BCUT2D eigenvalue weighted by atomic mass is 15.4. The number of H-pyrrole nitrogens is 1. The van der Waals surface area contributed by atoms with Gasteiger partial charge in [-0.2, -0.15) is 4.98 Å². The second-order valence-corrected chi connectivity index (χ2v) is 4.98. The van der Waals surface area contributed by atoms with Gasteiger partial charge in [-0.3, -0.25) is 5.10 Å². The molecule has 1 aliphatic heterocycles. The van der Waals surface area contributed by atoms with E-state index >= 15 is 0 Å². The highest BCUT2D eigenvalue weighted by Gasteiger charge is 2.19. The normalized spacial score (nSPS) is 21.8. The molecule has 1 atom stereocenters. The summed E-state index contributed by atoms with van der Waals surface area (Å²) in [6, 6.07) is 0.515. The van der Waals surface area contributed by atoms with Crippen LogP contribution < -0.4 is 10.2 Å². The first-order valence-electron chi connectivity index (χ1n) is 6.04. The van der Waals surface area contributed by atoms with Gasteiger partial charge in [-0.05, 0) is 12.8 Å². The van der Waals surface area contributed by atoms with Crippen molar-refractivity contribution in [3.63, 3.8) is 0 Å². The Labute approximate surface area is 96.6 Å². The number of piperazine rings is 1. The Bertz CT molecular complexity index is 333. The third-order valence-corrected chi connectivity index (χ3v) is 2.77. The molecule has 0 bridgehead atoms. The first-order valence-corrected chi connectivity index (χ1v) is 6.04. The van der Waals surface area contributed by atoms with Gasteiger partial charge in [0.15, 0.2) is 0 Å². The van der Waals surface area contributed by atoms with Crippen molar-refractivity contribution in [2.75, 3.05) is 24.5 Å². The average Bonchev–Trinajstić information content (AvgIpc) is 2.65. The van der Waals surface area contributed by atoms with Gasteiger partial charge in [0.25, 0.3) is 0 Å². The Hall–Kier alpha value is -1.10. The SMILES string of the molecule is CC(C)Cc1nc(N2CCN[C@H](C)C2)n[nH]1. The van der Waals surface area contributed by atoms with Crippen LogP contribution in [0.15, 0.2) is 0 Å². The van der Waals surface area contributed by atoms with E-state index in [1.54, 1.807) is 0 Å². The predicted molar refractivity (Wildman–Crippen MR) is 64.6 cm³/mol. The van der Waals surface area contributed by atoms with Gasteiger partial charge < -0.3 is 10.2 Å². The fourth-order valence-electron chi connectivity index (χ4n) is 2.02. The molecule has 0 spiro atoms. The van der Waals surface area contributed by atoms with Crippen LogP contribution in [0.25, 0.3) is 0 Å². The zero-order chi connectivity index (χ0) is 11.5. The Morgan fingerprint density at radius 2 is 2.31 bits per heavy atom. The summed E-state index contributed by atoms with van der Waals surface area (Å²) in [5.41, 5.74) is 0. The lowest BCUT2D eigenvalue weighted by atomic mass is 10.1. The lowest BCUT2D eigenvalue weighted by molar-refractivity contribution is 0.479. The van der Waals surface area contributed by atoms with E-state index in [0.717, 1.165) is 37.8 Å². The first kappa shape index (κ1) is 11.4. The van der Waals surface area contributed by atoms with E-state index in [1.165, 1.54) is 0 Å². The van der Waals surface area contributed by atoms with E-state index < -0.39 is 0 Å². The van der Waals surface area contributed by atoms with Crippen molar-refractivity contribution in [1.29, 1.82) is 0 Å². The molecule has 2 N–H and O–H groups in total. The fourth-order valence-corrected chi connectivity index (χ4v) is 2.02. The molecule has 1 aromatic heterocycles. The molecule has 1 saturated heterocycles. The Kier molecular flexibility index (Phi) is 3.43. The lowest BCUT2D eigenvalue weighted by Gasteiger charge is -2.30. The summed E-state index contributed by atoms with van der Waals surface area (Å²) >= 11 is 0. The summed E-state index contributed by atoms with van der Waals surface area (Å²) in [5, 5.41) is 10.7. The second-order valence-electron chi connectivity index (χ2n) is 4.98. The number of hydrogen-bond donors (Lipinski definition) is 2. The quantitative estimate of drug-likeness (QED) is 0.796. The van der Waals surface area contributed by atoms with Crippen LogP contribution in [0.5, 0.6) is 0 Å². The number of nitrogens with zero attached hydrogens (tertiary/aromatic N) is 3. The molecule has 90 valence electrons. The van der Waals surface area contributed by atoms with Gasteiger partial charge in [-0.25, -0.2) is 0 Å². The summed E-state index contributed by atoms with van der Waals surface area (Å²) < 4.78 is 0. The zero-order valence-electron chi connectivity index (χ0n) is 10.3. The highest BCUT2D eigenvalue weighted by molar-refractivity contribution is 5.30. The Morgan fingerprint density at radius 1 is 1.50 bits per heavy atom. The molecule has 0 radical (unpaired) electrons. The molecule has 5 nitrogen and oxygen atoms in total. The molecule has 2 heterocycles. The van der Waals surface area contributed by atoms with Gasteiger partial charge in [0.05, 0.1) is 0 Å². The summed E-state index contributed by atoms with van der Waals surface area (Å²) in [6.45, 7) is 9.55. The number of nitrogens with one attached hydrogen (secondary N) is 2. The van der Waals surface area contributed by atoms with Crippen molar-refractivity contribution >= 4 is 5.95 Å². The highest BCUT2D eigenvalue weighted by Crippen LogP contribution is 2.11. The molecule has 1 aromatic rings. The van der Waals surface area contributed by atoms with Gasteiger partial charge >= 0.3 is 0 Å². The number of rotatable bonds is 3. The molecular formula is C11H21N5. The second kappa shape index (κ2) is 4.82. The number of aromatic nitrogens is 3. The third kappa shape index (κ3) is 2.72. The zero-order valence-corrected chi connectivity index (χ0v) is 10.3. The summed E-state index contributed by atoms with van der Waals surface area (Å²) in [6.07, 6.45) is 0.967. The van der Waals surface area contributed by atoms with Crippen LogP contribution in [0.4, 0.5) is 5.95 Å². The van der Waals surface area contributed by atoms with Crippen LogP contribution in [0.3, 0.4) is 0 Å². The molecule has 2 rings (SSSR count). The molecule has 1 aliphatic rings. The van der Waals surface area contributed by atoms with Gasteiger partial charge in [0.1, 0.15) is 5.82 Å². The van der Waals surface area contributed by atoms with E-state index in [4.69, 9.17) is 0 Å². The van der Waals surface area contributed by atoms with Crippen molar-refractivity contribution in [3.05, 3.63) is 5.82 Å². The fraction of sp³-hybridized carbons (Fsp3) is 0.818. The monoisotopic (exact) mass is 223 g/mol.